The summed E-state index contributed by atoms with van der Waals surface area (Å²) in [6.07, 6.45) is -2.32. The zero-order chi connectivity index (χ0) is 39.7. The van der Waals surface area contributed by atoms with Crippen LogP contribution in [-0.4, -0.2) is 94.4 Å². The number of Topliss-reactive ketones (excluding diaryl/α,β-unsaturated/α-hetero) is 1. The molecular formula is C39H49NO14. The number of nitrogens with zero attached hydrogens (tertiary/aromatic N) is 1. The predicted molar refractivity (Wildman–Crippen MR) is 183 cm³/mol. The number of hydrogen-bond donors (Lipinski definition) is 0. The predicted octanol–water partition coefficient (Wildman–Crippen LogP) is 3.33. The molecule has 1 unspecified atom stereocenters. The van der Waals surface area contributed by atoms with Crippen LogP contribution >= 0.6 is 0 Å². The third-order valence-electron chi connectivity index (χ3n) is 12.7. The quantitative estimate of drug-likeness (QED) is 0.263. The molecule has 1 saturated heterocycles. The first-order chi connectivity index (χ1) is 25.3. The van der Waals surface area contributed by atoms with Crippen LogP contribution in [0.1, 0.15) is 91.9 Å². The first-order valence-electron chi connectivity index (χ1n) is 18.5. The minimum absolute atomic E-state index is 0.0738. The number of ether oxygens (including phenoxy) is 7. The van der Waals surface area contributed by atoms with Gasteiger partial charge in [0.1, 0.15) is 23.4 Å². The number of pyridine rings is 1. The van der Waals surface area contributed by atoms with Gasteiger partial charge in [-0.05, 0) is 51.2 Å². The molecule has 0 radical (unpaired) electrons. The van der Waals surface area contributed by atoms with Crippen LogP contribution in [0.5, 0.6) is 0 Å². The molecular weight excluding hydrogens is 706 g/mol. The SMILES string of the molecule is CCC(C)C(=O)O[C@H]1C(=O)[C@@]23CO[C@@](C)([C@H](OC(C)=O)[C@@]4(OC(C)=O)C[C@H](C)[C@H](OC(=O)c5cccnc5)[C@@H]4[C@H]2OC(C)=O)[C@@H]3[C@@H]2[C@H]1C[C@]2(C)OC(C)=O. The number of carbonyl (C=O) groups excluding carboxylic acids is 7. The van der Waals surface area contributed by atoms with Crippen molar-refractivity contribution in [3.05, 3.63) is 30.1 Å². The van der Waals surface area contributed by atoms with Crippen LogP contribution in [0, 0.1) is 40.9 Å². The van der Waals surface area contributed by atoms with Crippen molar-refractivity contribution in [3.8, 4) is 0 Å². The fourth-order valence-electron chi connectivity index (χ4n) is 10.8. The average molecular weight is 756 g/mol. The largest absolute Gasteiger partial charge is 0.461 e. The Kier molecular flexibility index (Phi) is 9.98. The van der Waals surface area contributed by atoms with Crippen molar-refractivity contribution in [1.29, 1.82) is 0 Å². The van der Waals surface area contributed by atoms with Gasteiger partial charge in [-0.3, -0.25) is 33.8 Å². The van der Waals surface area contributed by atoms with Crippen LogP contribution in [0.4, 0.5) is 0 Å². The number of esters is 6. The Morgan fingerprint density at radius 2 is 1.57 bits per heavy atom. The van der Waals surface area contributed by atoms with Crippen molar-refractivity contribution >= 4 is 41.6 Å². The molecule has 15 heteroatoms. The molecule has 2 heterocycles. The van der Waals surface area contributed by atoms with Crippen molar-refractivity contribution < 1.29 is 66.7 Å². The second-order valence-electron chi connectivity index (χ2n) is 16.2. The topological polar surface area (TPSA) is 197 Å². The van der Waals surface area contributed by atoms with Gasteiger partial charge < -0.3 is 33.2 Å². The lowest BCUT2D eigenvalue weighted by Gasteiger charge is -2.64. The summed E-state index contributed by atoms with van der Waals surface area (Å²) < 4.78 is 43.8. The molecule has 294 valence electrons. The second-order valence-corrected chi connectivity index (χ2v) is 16.2. The van der Waals surface area contributed by atoms with Crippen LogP contribution in [0.3, 0.4) is 0 Å². The number of carbonyl (C=O) groups is 7. The highest BCUT2D eigenvalue weighted by atomic mass is 16.6. The number of hydrogen-bond acceptors (Lipinski definition) is 15. The minimum atomic E-state index is -1.91. The molecule has 54 heavy (non-hydrogen) atoms. The van der Waals surface area contributed by atoms with Gasteiger partial charge in [0.2, 0.25) is 0 Å². The summed E-state index contributed by atoms with van der Waals surface area (Å²) in [5.41, 5.74) is -6.62. The Bertz CT molecular complexity index is 1750. The molecule has 15 nitrogen and oxygen atoms in total. The van der Waals surface area contributed by atoms with E-state index in [9.17, 15) is 28.8 Å². The van der Waals surface area contributed by atoms with E-state index in [0.29, 0.717) is 6.42 Å². The Balaban J connectivity index is 1.65. The maximum atomic E-state index is 15.6. The van der Waals surface area contributed by atoms with Gasteiger partial charge in [0.05, 0.1) is 29.4 Å². The van der Waals surface area contributed by atoms with E-state index in [0.717, 1.165) is 6.92 Å². The zero-order valence-electron chi connectivity index (χ0n) is 32.1. The Labute approximate surface area is 313 Å². The summed E-state index contributed by atoms with van der Waals surface area (Å²) in [5.74, 6) is -10.0. The molecule has 4 saturated carbocycles. The normalized spacial score (nSPS) is 40.6. The molecule has 1 aromatic rings. The molecule has 0 aromatic carbocycles. The van der Waals surface area contributed by atoms with Crippen molar-refractivity contribution in [3.63, 3.8) is 0 Å². The van der Waals surface area contributed by atoms with Crippen molar-refractivity contribution in [2.75, 3.05) is 6.61 Å². The molecule has 6 rings (SSSR count). The highest BCUT2D eigenvalue weighted by Crippen LogP contribution is 2.73. The summed E-state index contributed by atoms with van der Waals surface area (Å²) in [7, 11) is 0. The molecule has 1 aliphatic heterocycles. The summed E-state index contributed by atoms with van der Waals surface area (Å²) in [6.45, 7) is 12.9. The van der Waals surface area contributed by atoms with Crippen LogP contribution in [0.2, 0.25) is 0 Å². The fourth-order valence-corrected chi connectivity index (χ4v) is 10.8. The van der Waals surface area contributed by atoms with E-state index in [4.69, 9.17) is 33.2 Å². The molecule has 5 aliphatic rings. The Morgan fingerprint density at radius 1 is 0.907 bits per heavy atom. The lowest BCUT2D eigenvalue weighted by atomic mass is 9.42. The molecule has 14 atom stereocenters. The Hall–Kier alpha value is -4.40. The summed E-state index contributed by atoms with van der Waals surface area (Å²) in [5, 5.41) is 0. The highest BCUT2D eigenvalue weighted by Gasteiger charge is 2.86. The Morgan fingerprint density at radius 3 is 2.15 bits per heavy atom. The highest BCUT2D eigenvalue weighted by molar-refractivity contribution is 5.95. The van der Waals surface area contributed by atoms with Crippen molar-refractivity contribution in [1.82, 2.24) is 4.98 Å². The second kappa shape index (κ2) is 13.7. The molecule has 4 aliphatic carbocycles. The van der Waals surface area contributed by atoms with Gasteiger partial charge in [0.25, 0.3) is 0 Å². The summed E-state index contributed by atoms with van der Waals surface area (Å²) in [6, 6.07) is 3.06. The molecule has 0 N–H and O–H groups in total. The first-order valence-corrected chi connectivity index (χ1v) is 18.5. The molecule has 1 aromatic heterocycles. The van der Waals surface area contributed by atoms with Gasteiger partial charge >= 0.3 is 35.8 Å². The van der Waals surface area contributed by atoms with Gasteiger partial charge in [-0.2, -0.15) is 0 Å². The van der Waals surface area contributed by atoms with Gasteiger partial charge in [-0.1, -0.05) is 20.8 Å². The summed E-state index contributed by atoms with van der Waals surface area (Å²) >= 11 is 0. The van der Waals surface area contributed by atoms with Gasteiger partial charge in [-0.15, -0.1) is 0 Å². The summed E-state index contributed by atoms with van der Waals surface area (Å²) in [4.78, 5) is 99.3. The monoisotopic (exact) mass is 755 g/mol. The third-order valence-corrected chi connectivity index (χ3v) is 12.7. The molecule has 2 bridgehead atoms. The first kappa shape index (κ1) is 39.3. The van der Waals surface area contributed by atoms with Crippen molar-refractivity contribution in [2.45, 2.75) is 123 Å². The maximum Gasteiger partial charge on any atom is 0.339 e. The number of rotatable bonds is 9. The fraction of sp³-hybridized carbons (Fsp3) is 0.692. The number of aromatic nitrogens is 1. The smallest absolute Gasteiger partial charge is 0.339 e. The lowest BCUT2D eigenvalue weighted by molar-refractivity contribution is -0.261. The number of ketones is 1. The molecule has 0 spiro atoms. The van der Waals surface area contributed by atoms with Crippen LogP contribution in [0.25, 0.3) is 0 Å². The standard InChI is InChI=1S/C39H49NO14/c1-10-18(2)33(46)52-29-25-15-36(8,53-22(6)43)26(25)30-37(9)35(50-21(5)42)39(54-23(7)44)14-19(3)28(51-34(47)24-12-11-13-40-16-24)27(39)32(49-20(4)41)38(30,17-48-37)31(29)45/h11-13,16,18-19,25-30,32,35H,10,14-15,17H2,1-9H3/t18?,19-,25+,26-,27+,28-,29+,30-,32+,35-,36-,37+,38-,39+/m0/s1. The average Bonchev–Trinajstić information content (AvgIpc) is 3.52. The van der Waals surface area contributed by atoms with E-state index < -0.39 is 130 Å². The maximum absolute atomic E-state index is 15.6. The molecule has 0 amide bonds. The zero-order valence-corrected chi connectivity index (χ0v) is 32.1. The van der Waals surface area contributed by atoms with Gasteiger partial charge in [0.15, 0.2) is 23.6 Å². The third kappa shape index (κ3) is 5.88. The van der Waals surface area contributed by atoms with Crippen LogP contribution < -0.4 is 0 Å². The van der Waals surface area contributed by atoms with Gasteiger partial charge in [-0.25, -0.2) is 4.79 Å². The van der Waals surface area contributed by atoms with E-state index >= 15 is 4.79 Å². The van der Waals surface area contributed by atoms with Gasteiger partial charge in [0, 0.05) is 57.8 Å². The minimum Gasteiger partial charge on any atom is -0.461 e. The van der Waals surface area contributed by atoms with Crippen molar-refractivity contribution in [2.24, 2.45) is 40.9 Å². The van der Waals surface area contributed by atoms with E-state index in [1.807, 2.05) is 6.92 Å². The number of fused-ring (bicyclic) bond motifs is 2. The van der Waals surface area contributed by atoms with E-state index in [-0.39, 0.29) is 18.4 Å². The van der Waals surface area contributed by atoms with Crippen LogP contribution in [0.15, 0.2) is 24.5 Å². The van der Waals surface area contributed by atoms with E-state index in [2.05, 4.69) is 4.98 Å². The molecule has 5 fully saturated rings. The van der Waals surface area contributed by atoms with E-state index in [1.165, 1.54) is 39.2 Å². The van der Waals surface area contributed by atoms with E-state index in [1.54, 1.807) is 33.8 Å². The van der Waals surface area contributed by atoms with Crippen LogP contribution in [-0.2, 0) is 61.9 Å². The lowest BCUT2D eigenvalue weighted by Crippen LogP contribution is -2.75.